The van der Waals surface area contributed by atoms with Gasteiger partial charge >= 0.3 is 0 Å². The number of fused-ring (bicyclic) bond motifs is 1. The zero-order chi connectivity index (χ0) is 30.0. The molecule has 0 spiro atoms. The number of hydrogen-bond acceptors (Lipinski definition) is 3. The molecule has 2 aliphatic heterocycles. The Morgan fingerprint density at radius 1 is 1.16 bits per heavy atom. The average Bonchev–Trinajstić information content (AvgIpc) is 3.54. The van der Waals surface area contributed by atoms with E-state index >= 15 is 0 Å². The molecule has 2 aliphatic rings. The van der Waals surface area contributed by atoms with Crippen LogP contribution in [0.4, 0.5) is 0 Å². The summed E-state index contributed by atoms with van der Waals surface area (Å²) >= 11 is 0. The minimum Gasteiger partial charge on any atom is -0.493 e. The number of benzene rings is 3. The lowest BCUT2D eigenvalue weighted by atomic mass is 9.64. The Kier molecular flexibility index (Phi) is 3.52. The minimum absolute atomic E-state index is 0.0513. The highest BCUT2D eigenvalue weighted by Crippen LogP contribution is 2.43. The largest absolute Gasteiger partial charge is 0.493 e. The Morgan fingerprint density at radius 2 is 1.84 bits per heavy atom. The van der Waals surface area contributed by atoms with Gasteiger partial charge in [0.05, 0.1) is 13.4 Å². The van der Waals surface area contributed by atoms with Crippen LogP contribution in [0.3, 0.4) is 0 Å². The maximum atomic E-state index is 13.4. The molecule has 5 rings (SSSR count). The van der Waals surface area contributed by atoms with Crippen molar-refractivity contribution in [3.63, 3.8) is 0 Å². The van der Waals surface area contributed by atoms with Crippen LogP contribution in [0.1, 0.15) is 41.0 Å². The maximum Gasteiger partial charge on any atom is 0.232 e. The second kappa shape index (κ2) is 8.79. The molecule has 0 saturated carbocycles. The molecule has 4 heteroatoms. The minimum atomic E-state index is -2.95. The second-order valence-electron chi connectivity index (χ2n) is 8.05. The first-order valence-electron chi connectivity index (χ1n) is 15.1. The van der Waals surface area contributed by atoms with E-state index in [4.69, 9.17) is 22.8 Å². The molecule has 164 valence electrons. The fourth-order valence-corrected chi connectivity index (χ4v) is 4.76. The lowest BCUT2D eigenvalue weighted by Crippen LogP contribution is -2.49. The number of nitrogens with zero attached hydrogens (tertiary/aromatic N) is 1. The fraction of sp³-hybridized carbons (Fsp3) is 0.321. The molecule has 0 radical (unpaired) electrons. The summed E-state index contributed by atoms with van der Waals surface area (Å²) in [5, 5.41) is 0. The van der Waals surface area contributed by atoms with Crippen molar-refractivity contribution < 1.29 is 21.9 Å². The van der Waals surface area contributed by atoms with Crippen LogP contribution in [0.25, 0.3) is 0 Å². The Morgan fingerprint density at radius 3 is 2.50 bits per heavy atom. The average molecular weight is 436 g/mol. The predicted molar refractivity (Wildman–Crippen MR) is 127 cm³/mol. The highest BCUT2D eigenvalue weighted by Gasteiger charge is 2.49. The summed E-state index contributed by atoms with van der Waals surface area (Å²) in [6, 6.07) is 16.2. The Hall–Kier alpha value is -3.11. The molecule has 0 unspecified atom stereocenters. The van der Waals surface area contributed by atoms with E-state index < -0.39 is 66.8 Å². The molecule has 4 nitrogen and oxygen atoms in total. The zero-order valence-electron chi connectivity index (χ0n) is 26.5. The summed E-state index contributed by atoms with van der Waals surface area (Å²) in [6.45, 7) is -4.98. The molecule has 2 N–H and O–H groups in total. The van der Waals surface area contributed by atoms with Crippen molar-refractivity contribution in [3.8, 4) is 5.75 Å². The van der Waals surface area contributed by atoms with E-state index in [1.165, 1.54) is 4.90 Å². The Balaban J connectivity index is 1.57. The number of nitrogens with two attached hydrogens (primary N) is 1. The van der Waals surface area contributed by atoms with Crippen molar-refractivity contribution in [3.05, 3.63) is 101 Å². The standard InChI is InChI=1S/C28H30N2O2/c29-27(31)28(23-7-3-1-4-8-23,24-9-5-2-6-10-24)25-14-17-30(20-25)16-13-21-11-12-26-22(19-21)15-18-32-26/h1-12,19,25H,13-18,20H2,(H2,29,31)/t25-/m1/s1/i11D,12D,13D2,16D2,18D2,19D. The summed E-state index contributed by atoms with van der Waals surface area (Å²) in [6.07, 6.45) is -3.06. The van der Waals surface area contributed by atoms with E-state index in [2.05, 4.69) is 0 Å². The van der Waals surface area contributed by atoms with Gasteiger partial charge in [-0.15, -0.1) is 0 Å². The summed E-state index contributed by atoms with van der Waals surface area (Å²) in [4.78, 5) is 14.7. The highest BCUT2D eigenvalue weighted by molar-refractivity contribution is 5.91. The third kappa shape index (κ3) is 3.69. The first-order valence-corrected chi connectivity index (χ1v) is 10.6. The molecule has 1 saturated heterocycles. The van der Waals surface area contributed by atoms with Gasteiger partial charge in [0.1, 0.15) is 11.2 Å². The molecular formula is C28H30N2O2. The topological polar surface area (TPSA) is 55.6 Å². The smallest absolute Gasteiger partial charge is 0.232 e. The molecule has 1 fully saturated rings. The van der Waals surface area contributed by atoms with Gasteiger partial charge in [0, 0.05) is 24.9 Å². The zero-order valence-corrected chi connectivity index (χ0v) is 17.5. The Bertz CT molecular complexity index is 1440. The van der Waals surface area contributed by atoms with Gasteiger partial charge in [0.25, 0.3) is 0 Å². The van der Waals surface area contributed by atoms with E-state index in [-0.39, 0.29) is 24.4 Å². The summed E-state index contributed by atoms with van der Waals surface area (Å²) in [7, 11) is 0. The van der Waals surface area contributed by atoms with E-state index in [0.717, 1.165) is 0 Å². The number of ether oxygens (including phenoxy) is 1. The number of carbonyl (C=O) groups excluding carboxylic acids is 1. The SMILES string of the molecule is [2H]c1c([2H])c(C([2H])([2H])C([2H])([2H])N2CC[C@@H](C(C(N)=O)(c3ccccc3)c3ccccc3)C2)c([2H])c2c1OC([2H])([2H])C2. The number of amides is 1. The third-order valence-corrected chi connectivity index (χ3v) is 6.26. The summed E-state index contributed by atoms with van der Waals surface area (Å²) < 4.78 is 82.1. The van der Waals surface area contributed by atoms with Gasteiger partial charge in [0.2, 0.25) is 5.91 Å². The van der Waals surface area contributed by atoms with Gasteiger partial charge in [-0.2, -0.15) is 0 Å². The lowest BCUT2D eigenvalue weighted by molar-refractivity contribution is -0.123. The van der Waals surface area contributed by atoms with Gasteiger partial charge in [-0.25, -0.2) is 0 Å². The van der Waals surface area contributed by atoms with Gasteiger partial charge in [0.15, 0.2) is 0 Å². The van der Waals surface area contributed by atoms with Crippen molar-refractivity contribution in [2.75, 3.05) is 26.1 Å². The van der Waals surface area contributed by atoms with Crippen LogP contribution >= 0.6 is 0 Å². The van der Waals surface area contributed by atoms with Crippen LogP contribution < -0.4 is 10.5 Å². The fourth-order valence-electron chi connectivity index (χ4n) is 4.76. The second-order valence-corrected chi connectivity index (χ2v) is 8.05. The van der Waals surface area contributed by atoms with Gasteiger partial charge < -0.3 is 15.4 Å². The first-order chi connectivity index (χ1) is 19.2. The number of likely N-dealkylation sites (tertiary alicyclic amines) is 1. The first kappa shape index (κ1) is 12.8. The van der Waals surface area contributed by atoms with Gasteiger partial charge in [-0.1, -0.05) is 72.7 Å². The van der Waals surface area contributed by atoms with E-state index in [0.29, 0.717) is 17.5 Å². The number of hydrogen-bond donors (Lipinski definition) is 1. The molecule has 1 atom stereocenters. The van der Waals surface area contributed by atoms with Crippen molar-refractivity contribution >= 4 is 5.91 Å². The molecule has 0 aliphatic carbocycles. The van der Waals surface area contributed by atoms with E-state index in [9.17, 15) is 4.79 Å². The van der Waals surface area contributed by atoms with Crippen LogP contribution in [-0.4, -0.2) is 37.0 Å². The van der Waals surface area contributed by atoms with Crippen LogP contribution in [0.15, 0.2) is 78.8 Å². The van der Waals surface area contributed by atoms with Crippen molar-refractivity contribution in [1.29, 1.82) is 0 Å². The maximum absolute atomic E-state index is 13.4. The van der Waals surface area contributed by atoms with Crippen LogP contribution in [0, 0.1) is 5.92 Å². The molecule has 2 heterocycles. The van der Waals surface area contributed by atoms with Crippen molar-refractivity contribution in [2.24, 2.45) is 11.7 Å². The van der Waals surface area contributed by atoms with Gasteiger partial charge in [-0.3, -0.25) is 4.79 Å². The molecule has 3 aromatic rings. The summed E-state index contributed by atoms with van der Waals surface area (Å²) in [5.41, 5.74) is 5.39. The van der Waals surface area contributed by atoms with Crippen LogP contribution in [0.2, 0.25) is 0 Å². The summed E-state index contributed by atoms with van der Waals surface area (Å²) in [5.74, 6) is -1.43. The van der Waals surface area contributed by atoms with Crippen LogP contribution in [0.5, 0.6) is 5.75 Å². The van der Waals surface area contributed by atoms with E-state index in [1.54, 1.807) is 48.5 Å². The Labute approximate surface area is 202 Å². The van der Waals surface area contributed by atoms with E-state index in [1.807, 2.05) is 12.1 Å². The molecule has 1 amide bonds. The number of primary amides is 1. The monoisotopic (exact) mass is 435 g/mol. The lowest BCUT2D eigenvalue weighted by Gasteiger charge is -2.37. The van der Waals surface area contributed by atoms with Crippen molar-refractivity contribution in [1.82, 2.24) is 4.90 Å². The normalized spacial score (nSPS) is 24.9. The molecular weight excluding hydrogens is 396 g/mol. The number of carbonyl (C=O) groups is 1. The van der Waals surface area contributed by atoms with Crippen LogP contribution in [-0.2, 0) is 23.0 Å². The number of rotatable bonds is 7. The third-order valence-electron chi connectivity index (χ3n) is 6.26. The molecule has 3 aromatic carbocycles. The highest BCUT2D eigenvalue weighted by atomic mass is 16.5. The molecule has 0 aromatic heterocycles. The predicted octanol–water partition coefficient (Wildman–Crippen LogP) is 3.96. The van der Waals surface area contributed by atoms with Crippen molar-refractivity contribution in [2.45, 2.75) is 24.6 Å². The molecule has 32 heavy (non-hydrogen) atoms. The molecule has 0 bridgehead atoms. The van der Waals surface area contributed by atoms with Gasteiger partial charge in [-0.05, 0) is 53.6 Å². The quantitative estimate of drug-likeness (QED) is 0.611.